The summed E-state index contributed by atoms with van der Waals surface area (Å²) in [5.41, 5.74) is -0.348. The van der Waals surface area contributed by atoms with Crippen molar-refractivity contribution in [3.63, 3.8) is 0 Å². The highest BCUT2D eigenvalue weighted by Gasteiger charge is 2.13. The highest BCUT2D eigenvalue weighted by Crippen LogP contribution is 2.22. The molecule has 0 aliphatic rings. The van der Waals surface area contributed by atoms with Crippen molar-refractivity contribution in [2.45, 2.75) is 13.0 Å². The van der Waals surface area contributed by atoms with Crippen molar-refractivity contribution in [3.8, 4) is 0 Å². The average Bonchev–Trinajstić information content (AvgIpc) is 2.03. The molecule has 1 heterocycles. The molecular formula is C7H6ClF2NO. The lowest BCUT2D eigenvalue weighted by atomic mass is 10.2. The molecule has 1 aromatic heterocycles. The Morgan fingerprint density at radius 2 is 2.25 bits per heavy atom. The molecule has 0 bridgehead atoms. The van der Waals surface area contributed by atoms with Crippen LogP contribution in [0.15, 0.2) is 12.3 Å². The first kappa shape index (κ1) is 9.35. The molecule has 0 aliphatic carbocycles. The maximum absolute atomic E-state index is 12.1. The molecule has 0 aliphatic heterocycles. The Morgan fingerprint density at radius 1 is 1.58 bits per heavy atom. The number of hydrogen-bond acceptors (Lipinski definition) is 2. The van der Waals surface area contributed by atoms with Crippen LogP contribution in [0.1, 0.15) is 17.7 Å². The van der Waals surface area contributed by atoms with Gasteiger partial charge in [0.25, 0.3) is 6.43 Å². The minimum Gasteiger partial charge on any atom is -0.392 e. The fraction of sp³-hybridized carbons (Fsp3) is 0.286. The van der Waals surface area contributed by atoms with E-state index in [0.717, 1.165) is 6.20 Å². The number of halogens is 3. The Bertz CT molecular complexity index is 280. The van der Waals surface area contributed by atoms with Gasteiger partial charge in [-0.1, -0.05) is 11.6 Å². The van der Waals surface area contributed by atoms with Gasteiger partial charge in [0.2, 0.25) is 0 Å². The van der Waals surface area contributed by atoms with Gasteiger partial charge in [-0.15, -0.1) is 0 Å². The highest BCUT2D eigenvalue weighted by atomic mass is 35.5. The van der Waals surface area contributed by atoms with Gasteiger partial charge in [0.05, 0.1) is 11.6 Å². The summed E-state index contributed by atoms with van der Waals surface area (Å²) >= 11 is 5.48. The number of hydrogen-bond donors (Lipinski definition) is 1. The van der Waals surface area contributed by atoms with Crippen LogP contribution in [0.5, 0.6) is 0 Å². The maximum Gasteiger partial charge on any atom is 0.280 e. The Morgan fingerprint density at radius 3 is 2.75 bits per heavy atom. The fourth-order valence-electron chi connectivity index (χ4n) is 0.815. The zero-order valence-corrected chi connectivity index (χ0v) is 6.72. The van der Waals surface area contributed by atoms with Gasteiger partial charge >= 0.3 is 0 Å². The van der Waals surface area contributed by atoms with Gasteiger partial charge in [-0.3, -0.25) is 4.98 Å². The number of alkyl halides is 2. The third-order valence-electron chi connectivity index (χ3n) is 1.35. The van der Waals surface area contributed by atoms with E-state index in [2.05, 4.69) is 4.98 Å². The summed E-state index contributed by atoms with van der Waals surface area (Å²) in [4.78, 5) is 3.41. The third kappa shape index (κ3) is 1.89. The van der Waals surface area contributed by atoms with E-state index >= 15 is 0 Å². The van der Waals surface area contributed by atoms with E-state index in [1.54, 1.807) is 0 Å². The van der Waals surface area contributed by atoms with Gasteiger partial charge in [-0.05, 0) is 6.07 Å². The van der Waals surface area contributed by atoms with Crippen LogP contribution < -0.4 is 0 Å². The van der Waals surface area contributed by atoms with E-state index < -0.39 is 18.7 Å². The minimum atomic E-state index is -2.68. The quantitative estimate of drug-likeness (QED) is 0.781. The minimum absolute atomic E-state index is 0.0671. The van der Waals surface area contributed by atoms with E-state index in [1.165, 1.54) is 6.07 Å². The number of aliphatic hydroxyl groups excluding tert-OH is 1. The van der Waals surface area contributed by atoms with Crippen LogP contribution in [0.4, 0.5) is 8.78 Å². The van der Waals surface area contributed by atoms with Gasteiger partial charge in [0, 0.05) is 11.8 Å². The molecule has 2 nitrogen and oxygen atoms in total. The largest absolute Gasteiger partial charge is 0.392 e. The highest BCUT2D eigenvalue weighted by molar-refractivity contribution is 6.30. The summed E-state index contributed by atoms with van der Waals surface area (Å²) in [6, 6.07) is 1.27. The molecule has 0 atom stereocenters. The van der Waals surface area contributed by atoms with Crippen molar-refractivity contribution in [2.75, 3.05) is 0 Å². The number of nitrogens with zero attached hydrogens (tertiary/aromatic N) is 1. The Balaban J connectivity index is 3.11. The molecule has 1 aromatic rings. The summed E-state index contributed by atoms with van der Waals surface area (Å²) in [5, 5.41) is 8.90. The van der Waals surface area contributed by atoms with Crippen LogP contribution >= 0.6 is 11.6 Å². The lowest BCUT2D eigenvalue weighted by Gasteiger charge is -2.04. The third-order valence-corrected chi connectivity index (χ3v) is 1.55. The van der Waals surface area contributed by atoms with E-state index in [4.69, 9.17) is 16.7 Å². The lowest BCUT2D eigenvalue weighted by Crippen LogP contribution is -1.97. The Hall–Kier alpha value is -0.740. The van der Waals surface area contributed by atoms with Gasteiger partial charge in [0.1, 0.15) is 5.69 Å². The van der Waals surface area contributed by atoms with Gasteiger partial charge < -0.3 is 5.11 Å². The molecule has 0 spiro atoms. The predicted molar refractivity (Wildman–Crippen MR) is 40.1 cm³/mol. The van der Waals surface area contributed by atoms with Crippen molar-refractivity contribution in [1.29, 1.82) is 0 Å². The van der Waals surface area contributed by atoms with Crippen molar-refractivity contribution in [3.05, 3.63) is 28.5 Å². The van der Waals surface area contributed by atoms with Crippen LogP contribution in [0.3, 0.4) is 0 Å². The molecule has 5 heteroatoms. The van der Waals surface area contributed by atoms with Crippen LogP contribution in [-0.4, -0.2) is 10.1 Å². The molecule has 0 fully saturated rings. The van der Waals surface area contributed by atoms with Crippen molar-refractivity contribution >= 4 is 11.6 Å². The first-order valence-electron chi connectivity index (χ1n) is 3.18. The van der Waals surface area contributed by atoms with Crippen LogP contribution in [0, 0.1) is 0 Å². The molecule has 0 saturated heterocycles. The molecule has 0 unspecified atom stereocenters. The zero-order chi connectivity index (χ0) is 9.14. The van der Waals surface area contributed by atoms with Gasteiger partial charge in [-0.25, -0.2) is 8.78 Å². The summed E-state index contributed by atoms with van der Waals surface area (Å²) in [7, 11) is 0. The number of aromatic nitrogens is 1. The van der Waals surface area contributed by atoms with E-state index in [0.29, 0.717) is 0 Å². The van der Waals surface area contributed by atoms with Crippen LogP contribution in [0.25, 0.3) is 0 Å². The van der Waals surface area contributed by atoms with E-state index in [9.17, 15) is 8.78 Å². The second kappa shape index (κ2) is 3.78. The van der Waals surface area contributed by atoms with Crippen molar-refractivity contribution in [1.82, 2.24) is 4.98 Å². The van der Waals surface area contributed by atoms with Gasteiger partial charge in [0.15, 0.2) is 0 Å². The monoisotopic (exact) mass is 193 g/mol. The molecule has 66 valence electrons. The summed E-state index contributed by atoms with van der Waals surface area (Å²) in [6.45, 7) is -0.479. The van der Waals surface area contributed by atoms with Gasteiger partial charge in [-0.2, -0.15) is 0 Å². The second-order valence-electron chi connectivity index (χ2n) is 2.16. The Labute approximate surface area is 72.8 Å². The molecule has 0 saturated carbocycles. The van der Waals surface area contributed by atoms with Crippen LogP contribution in [0.2, 0.25) is 5.02 Å². The standard InChI is InChI=1S/C7H6ClF2NO/c8-5-1-4(3-12)6(7(9)10)11-2-5/h1-2,7,12H,3H2. The molecular weight excluding hydrogens is 188 g/mol. The fourth-order valence-corrected chi connectivity index (χ4v) is 0.995. The van der Waals surface area contributed by atoms with Crippen molar-refractivity contribution in [2.24, 2.45) is 0 Å². The molecule has 12 heavy (non-hydrogen) atoms. The normalized spacial score (nSPS) is 10.8. The molecule has 1 N–H and O–H groups in total. The summed E-state index contributed by atoms with van der Waals surface area (Å²) < 4.78 is 24.3. The Kier molecular flexibility index (Phi) is 2.94. The topological polar surface area (TPSA) is 33.1 Å². The molecule has 0 amide bonds. The first-order valence-corrected chi connectivity index (χ1v) is 3.56. The SMILES string of the molecule is OCc1cc(Cl)cnc1C(F)F. The zero-order valence-electron chi connectivity index (χ0n) is 5.97. The molecule has 1 rings (SSSR count). The van der Waals surface area contributed by atoms with Crippen LogP contribution in [-0.2, 0) is 6.61 Å². The second-order valence-corrected chi connectivity index (χ2v) is 2.59. The lowest BCUT2D eigenvalue weighted by molar-refractivity contribution is 0.141. The predicted octanol–water partition coefficient (Wildman–Crippen LogP) is 2.16. The summed E-state index contributed by atoms with van der Waals surface area (Å²) in [5.74, 6) is 0. The van der Waals surface area contributed by atoms with Crippen molar-refractivity contribution < 1.29 is 13.9 Å². The number of aliphatic hydroxyl groups is 1. The first-order chi connectivity index (χ1) is 5.65. The number of rotatable bonds is 2. The average molecular weight is 194 g/mol. The van der Waals surface area contributed by atoms with E-state index in [-0.39, 0.29) is 10.6 Å². The molecule has 0 aromatic carbocycles. The maximum atomic E-state index is 12.1. The van der Waals surface area contributed by atoms with E-state index in [1.807, 2.05) is 0 Å². The smallest absolute Gasteiger partial charge is 0.280 e. The molecule has 0 radical (unpaired) electrons. The summed E-state index contributed by atoms with van der Waals surface area (Å²) in [6.07, 6.45) is -1.55. The number of pyridine rings is 1.